The fourth-order valence-corrected chi connectivity index (χ4v) is 3.79. The number of aromatic nitrogens is 1. The Morgan fingerprint density at radius 3 is 2.65 bits per heavy atom. The minimum Gasteiger partial charge on any atom is -0.441 e. The van der Waals surface area contributed by atoms with Crippen LogP contribution in [0.15, 0.2) is 59.1 Å². The first-order valence-electron chi connectivity index (χ1n) is 9.55. The monoisotopic (exact) mass is 439 g/mol. The summed E-state index contributed by atoms with van der Waals surface area (Å²) in [4.78, 5) is 40.9. The number of rotatable bonds is 7. The number of hydrogen-bond donors (Lipinski definition) is 1. The quantitative estimate of drug-likeness (QED) is 0.592. The number of amides is 3. The van der Waals surface area contributed by atoms with Crippen molar-refractivity contribution in [2.24, 2.45) is 0 Å². The molecule has 2 aromatic carbocycles. The molecule has 2 heterocycles. The van der Waals surface area contributed by atoms with Gasteiger partial charge in [-0.25, -0.2) is 9.37 Å². The first-order valence-corrected chi connectivity index (χ1v) is 10.5. The third kappa shape index (κ3) is 5.00. The van der Waals surface area contributed by atoms with Gasteiger partial charge in [-0.1, -0.05) is 36.0 Å². The first kappa shape index (κ1) is 20.8. The van der Waals surface area contributed by atoms with Gasteiger partial charge >= 0.3 is 0 Å². The van der Waals surface area contributed by atoms with Crippen LogP contribution < -0.4 is 5.32 Å². The summed E-state index contributed by atoms with van der Waals surface area (Å²) in [5.41, 5.74) is 1.71. The Hall–Kier alpha value is -3.46. The van der Waals surface area contributed by atoms with E-state index in [1.807, 2.05) is 0 Å². The van der Waals surface area contributed by atoms with Gasteiger partial charge in [-0.15, -0.1) is 0 Å². The van der Waals surface area contributed by atoms with Crippen molar-refractivity contribution in [3.8, 4) is 11.3 Å². The molecule has 0 atom stereocenters. The van der Waals surface area contributed by atoms with Crippen molar-refractivity contribution in [2.75, 3.05) is 11.1 Å². The highest BCUT2D eigenvalue weighted by Gasteiger charge is 2.29. The van der Waals surface area contributed by atoms with Gasteiger partial charge in [0, 0.05) is 18.5 Å². The summed E-state index contributed by atoms with van der Waals surface area (Å²) in [5.74, 6) is 0.0265. The van der Waals surface area contributed by atoms with Gasteiger partial charge in [-0.05, 0) is 29.8 Å². The van der Waals surface area contributed by atoms with Crippen molar-refractivity contribution in [3.05, 3.63) is 72.0 Å². The van der Waals surface area contributed by atoms with Gasteiger partial charge in [-0.2, -0.15) is 0 Å². The molecule has 0 spiro atoms. The van der Waals surface area contributed by atoms with Gasteiger partial charge in [0.2, 0.25) is 11.8 Å². The summed E-state index contributed by atoms with van der Waals surface area (Å²) >= 11 is 0.998. The number of benzene rings is 2. The highest BCUT2D eigenvalue weighted by Crippen LogP contribution is 2.24. The summed E-state index contributed by atoms with van der Waals surface area (Å²) < 4.78 is 19.4. The fraction of sp³-hybridized carbons (Fsp3) is 0.182. The molecule has 9 heteroatoms. The topological polar surface area (TPSA) is 92.5 Å². The number of nitrogens with zero attached hydrogens (tertiary/aromatic N) is 2. The average Bonchev–Trinajstić information content (AvgIpc) is 3.36. The van der Waals surface area contributed by atoms with Crippen LogP contribution in [0.25, 0.3) is 11.3 Å². The summed E-state index contributed by atoms with van der Waals surface area (Å²) in [6.45, 7) is 0.216. The normalized spacial score (nSPS) is 13.6. The second-order valence-corrected chi connectivity index (χ2v) is 7.80. The summed E-state index contributed by atoms with van der Waals surface area (Å²) in [5, 5.41) is 2.53. The Balaban J connectivity index is 1.29. The number of thioether (sulfide) groups is 1. The third-order valence-corrected chi connectivity index (χ3v) is 5.54. The lowest BCUT2D eigenvalue weighted by atomic mass is 10.2. The van der Waals surface area contributed by atoms with Crippen LogP contribution >= 0.6 is 11.8 Å². The molecule has 31 heavy (non-hydrogen) atoms. The van der Waals surface area contributed by atoms with Crippen molar-refractivity contribution in [3.63, 3.8) is 0 Å². The molecule has 1 aliphatic heterocycles. The van der Waals surface area contributed by atoms with E-state index < -0.39 is 5.82 Å². The van der Waals surface area contributed by atoms with E-state index in [2.05, 4.69) is 10.3 Å². The van der Waals surface area contributed by atoms with E-state index in [4.69, 9.17) is 4.42 Å². The second-order valence-electron chi connectivity index (χ2n) is 6.88. The Kier molecular flexibility index (Phi) is 6.13. The van der Waals surface area contributed by atoms with E-state index in [0.717, 1.165) is 17.3 Å². The number of oxazole rings is 1. The smallest absolute Gasteiger partial charge is 0.289 e. The van der Waals surface area contributed by atoms with Crippen molar-refractivity contribution in [1.82, 2.24) is 9.88 Å². The van der Waals surface area contributed by atoms with Gasteiger partial charge < -0.3 is 9.73 Å². The number of anilines is 1. The highest BCUT2D eigenvalue weighted by molar-refractivity contribution is 8.14. The molecule has 4 rings (SSSR count). The SMILES string of the molecule is O=C(CCc1ncc(-c2ccccc2F)o1)Nc1ccc(CN2C(=O)CSC2=O)cc1. The van der Waals surface area contributed by atoms with E-state index >= 15 is 0 Å². The van der Waals surface area contributed by atoms with Gasteiger partial charge in [-0.3, -0.25) is 19.3 Å². The van der Waals surface area contributed by atoms with Gasteiger partial charge in [0.15, 0.2) is 11.7 Å². The van der Waals surface area contributed by atoms with Gasteiger partial charge in [0.25, 0.3) is 5.24 Å². The Morgan fingerprint density at radius 1 is 1.16 bits per heavy atom. The average molecular weight is 439 g/mol. The molecule has 158 valence electrons. The predicted molar refractivity (Wildman–Crippen MR) is 114 cm³/mol. The molecule has 1 fully saturated rings. The number of nitrogens with one attached hydrogen (secondary N) is 1. The van der Waals surface area contributed by atoms with E-state index in [1.54, 1.807) is 42.5 Å². The summed E-state index contributed by atoms with van der Waals surface area (Å²) in [7, 11) is 0. The number of imide groups is 1. The Labute approximate surface area is 181 Å². The van der Waals surface area contributed by atoms with Crippen molar-refractivity contribution in [2.45, 2.75) is 19.4 Å². The molecule has 1 aliphatic rings. The molecule has 0 aliphatic carbocycles. The molecule has 0 bridgehead atoms. The van der Waals surface area contributed by atoms with Crippen LogP contribution in [-0.2, 0) is 22.6 Å². The van der Waals surface area contributed by atoms with Crippen molar-refractivity contribution in [1.29, 1.82) is 0 Å². The standard InChI is InChI=1S/C22H18FN3O4S/c23-17-4-2-1-3-16(17)18-11-24-20(30-18)10-9-19(27)25-15-7-5-14(6-8-15)12-26-21(28)13-31-22(26)29/h1-8,11H,9-10,12-13H2,(H,25,27). The lowest BCUT2D eigenvalue weighted by Crippen LogP contribution is -2.27. The molecule has 1 saturated heterocycles. The summed E-state index contributed by atoms with van der Waals surface area (Å²) in [6.07, 6.45) is 1.86. The maximum atomic E-state index is 13.8. The molecule has 3 aromatic rings. The van der Waals surface area contributed by atoms with E-state index in [9.17, 15) is 18.8 Å². The molecule has 0 radical (unpaired) electrons. The Bertz CT molecular complexity index is 1110. The zero-order valence-corrected chi connectivity index (χ0v) is 17.2. The van der Waals surface area contributed by atoms with E-state index in [1.165, 1.54) is 17.2 Å². The maximum Gasteiger partial charge on any atom is 0.289 e. The van der Waals surface area contributed by atoms with Crippen LogP contribution in [0.4, 0.5) is 14.9 Å². The minimum absolute atomic E-state index is 0.146. The van der Waals surface area contributed by atoms with Crippen LogP contribution in [0, 0.1) is 5.82 Å². The summed E-state index contributed by atoms with van der Waals surface area (Å²) in [6, 6.07) is 13.2. The van der Waals surface area contributed by atoms with Crippen LogP contribution in [-0.4, -0.2) is 32.7 Å². The lowest BCUT2D eigenvalue weighted by Gasteiger charge is -2.13. The first-order chi connectivity index (χ1) is 15.0. The number of carbonyl (C=O) groups excluding carboxylic acids is 3. The fourth-order valence-electron chi connectivity index (χ4n) is 3.07. The van der Waals surface area contributed by atoms with E-state index in [0.29, 0.717) is 22.9 Å². The van der Waals surface area contributed by atoms with Crippen molar-refractivity contribution >= 4 is 34.5 Å². The second kappa shape index (κ2) is 9.13. The van der Waals surface area contributed by atoms with Crippen LogP contribution in [0.1, 0.15) is 17.9 Å². The van der Waals surface area contributed by atoms with Crippen molar-refractivity contribution < 1.29 is 23.2 Å². The molecule has 7 nitrogen and oxygen atoms in total. The van der Waals surface area contributed by atoms with Gasteiger partial charge in [0.1, 0.15) is 5.82 Å². The number of aryl methyl sites for hydroxylation is 1. The zero-order chi connectivity index (χ0) is 21.8. The van der Waals surface area contributed by atoms with Crippen LogP contribution in [0.2, 0.25) is 0 Å². The molecule has 3 amide bonds. The highest BCUT2D eigenvalue weighted by atomic mass is 32.2. The zero-order valence-electron chi connectivity index (χ0n) is 16.3. The largest absolute Gasteiger partial charge is 0.441 e. The molecule has 0 unspecified atom stereocenters. The molecule has 1 aromatic heterocycles. The predicted octanol–water partition coefficient (Wildman–Crippen LogP) is 4.25. The lowest BCUT2D eigenvalue weighted by molar-refractivity contribution is -0.125. The van der Waals surface area contributed by atoms with E-state index in [-0.39, 0.29) is 42.2 Å². The molecular weight excluding hydrogens is 421 g/mol. The Morgan fingerprint density at radius 2 is 1.94 bits per heavy atom. The van der Waals surface area contributed by atoms with Gasteiger partial charge in [0.05, 0.1) is 24.1 Å². The minimum atomic E-state index is -0.399. The molecule has 1 N–H and O–H groups in total. The number of hydrogen-bond acceptors (Lipinski definition) is 6. The number of carbonyl (C=O) groups is 3. The maximum absolute atomic E-state index is 13.8. The molecule has 0 saturated carbocycles. The van der Waals surface area contributed by atoms with Crippen LogP contribution in [0.3, 0.4) is 0 Å². The third-order valence-electron chi connectivity index (χ3n) is 4.68. The number of halogens is 1. The van der Waals surface area contributed by atoms with Crippen LogP contribution in [0.5, 0.6) is 0 Å². The molecular formula is C22H18FN3O4S.